The Kier molecular flexibility index (Phi) is 4.05. The number of carbonyl (C=O) groups excluding carboxylic acids is 1. The van der Waals surface area contributed by atoms with E-state index in [0.717, 1.165) is 31.8 Å². The molecule has 1 amide bonds. The van der Waals surface area contributed by atoms with E-state index in [1.807, 2.05) is 4.90 Å². The number of ether oxygens (including phenoxy) is 1. The van der Waals surface area contributed by atoms with E-state index in [1.54, 1.807) is 0 Å². The maximum Gasteiger partial charge on any atom is 0.245 e. The number of rotatable bonds is 3. The molecule has 0 aromatic heterocycles. The smallest absolute Gasteiger partial charge is 0.245 e. The molecule has 0 bridgehead atoms. The van der Waals surface area contributed by atoms with Gasteiger partial charge in [-0.1, -0.05) is 19.8 Å². The van der Waals surface area contributed by atoms with Gasteiger partial charge in [0.1, 0.15) is 5.54 Å². The summed E-state index contributed by atoms with van der Waals surface area (Å²) >= 11 is 0. The maximum absolute atomic E-state index is 12.3. The Morgan fingerprint density at radius 2 is 2.18 bits per heavy atom. The molecule has 2 saturated heterocycles. The Morgan fingerprint density at radius 1 is 1.47 bits per heavy atom. The number of piperidine rings is 1. The lowest BCUT2D eigenvalue weighted by atomic mass is 9.90. The van der Waals surface area contributed by atoms with E-state index in [4.69, 9.17) is 10.5 Å². The summed E-state index contributed by atoms with van der Waals surface area (Å²) in [4.78, 5) is 14.3. The van der Waals surface area contributed by atoms with Crippen LogP contribution in [0.2, 0.25) is 0 Å². The fourth-order valence-corrected chi connectivity index (χ4v) is 2.90. The largest absolute Gasteiger partial charge is 0.379 e. The standard InChI is InChI=1S/C13H24N2O2/c1-2-3-11-4-7-15(8-5-11)12(16)13(14)6-9-17-10-13/h11H,2-10,14H2,1H3. The van der Waals surface area contributed by atoms with Gasteiger partial charge in [-0.15, -0.1) is 0 Å². The number of nitrogens with two attached hydrogens (primary N) is 1. The van der Waals surface area contributed by atoms with Crippen molar-refractivity contribution in [1.82, 2.24) is 4.90 Å². The summed E-state index contributed by atoms with van der Waals surface area (Å²) in [5, 5.41) is 0. The van der Waals surface area contributed by atoms with E-state index in [9.17, 15) is 4.79 Å². The normalized spacial score (nSPS) is 30.8. The number of hydrogen-bond acceptors (Lipinski definition) is 3. The van der Waals surface area contributed by atoms with Gasteiger partial charge in [0.15, 0.2) is 0 Å². The molecule has 1 unspecified atom stereocenters. The maximum atomic E-state index is 12.3. The van der Waals surface area contributed by atoms with E-state index >= 15 is 0 Å². The van der Waals surface area contributed by atoms with Gasteiger partial charge >= 0.3 is 0 Å². The first-order chi connectivity index (χ1) is 8.15. The molecule has 2 aliphatic rings. The lowest BCUT2D eigenvalue weighted by Gasteiger charge is -2.36. The van der Waals surface area contributed by atoms with Crippen molar-refractivity contribution in [3.05, 3.63) is 0 Å². The minimum atomic E-state index is -0.738. The van der Waals surface area contributed by atoms with Crippen molar-refractivity contribution in [2.45, 2.75) is 44.6 Å². The second-order valence-corrected chi connectivity index (χ2v) is 5.48. The van der Waals surface area contributed by atoms with Gasteiger partial charge in [-0.2, -0.15) is 0 Å². The fourth-order valence-electron chi connectivity index (χ4n) is 2.90. The lowest BCUT2D eigenvalue weighted by Crippen LogP contribution is -2.57. The van der Waals surface area contributed by atoms with Gasteiger partial charge in [-0.25, -0.2) is 0 Å². The number of amides is 1. The van der Waals surface area contributed by atoms with Crippen LogP contribution in [-0.2, 0) is 9.53 Å². The zero-order valence-electron chi connectivity index (χ0n) is 10.8. The number of nitrogens with zero attached hydrogens (tertiary/aromatic N) is 1. The molecule has 0 saturated carbocycles. The molecule has 1 atom stereocenters. The molecule has 4 nitrogen and oxygen atoms in total. The molecular formula is C13H24N2O2. The molecule has 4 heteroatoms. The molecule has 0 radical (unpaired) electrons. The monoisotopic (exact) mass is 240 g/mol. The average molecular weight is 240 g/mol. The molecule has 2 heterocycles. The van der Waals surface area contributed by atoms with Gasteiger partial charge in [0.05, 0.1) is 6.61 Å². The van der Waals surface area contributed by atoms with Gasteiger partial charge in [0, 0.05) is 19.7 Å². The summed E-state index contributed by atoms with van der Waals surface area (Å²) in [6.45, 7) is 4.99. The van der Waals surface area contributed by atoms with E-state index in [2.05, 4.69) is 6.92 Å². The molecule has 0 aliphatic carbocycles. The highest BCUT2D eigenvalue weighted by Crippen LogP contribution is 2.25. The molecule has 2 fully saturated rings. The highest BCUT2D eigenvalue weighted by atomic mass is 16.5. The third-order valence-corrected chi connectivity index (χ3v) is 4.08. The molecule has 2 rings (SSSR count). The van der Waals surface area contributed by atoms with Crippen LogP contribution in [0.1, 0.15) is 39.0 Å². The van der Waals surface area contributed by atoms with Crippen LogP contribution >= 0.6 is 0 Å². The molecule has 17 heavy (non-hydrogen) atoms. The Hall–Kier alpha value is -0.610. The molecule has 2 N–H and O–H groups in total. The molecule has 2 aliphatic heterocycles. The minimum Gasteiger partial charge on any atom is -0.379 e. The SMILES string of the molecule is CCCC1CCN(C(=O)C2(N)CCOC2)CC1. The summed E-state index contributed by atoms with van der Waals surface area (Å²) < 4.78 is 5.26. The van der Waals surface area contributed by atoms with E-state index in [1.165, 1.54) is 12.8 Å². The molecule has 0 spiro atoms. The molecular weight excluding hydrogens is 216 g/mol. The van der Waals surface area contributed by atoms with Gasteiger partial charge in [0.25, 0.3) is 0 Å². The lowest BCUT2D eigenvalue weighted by molar-refractivity contribution is -0.138. The Balaban J connectivity index is 1.86. The second kappa shape index (κ2) is 5.36. The molecule has 0 aromatic carbocycles. The van der Waals surface area contributed by atoms with Crippen molar-refractivity contribution in [2.75, 3.05) is 26.3 Å². The van der Waals surface area contributed by atoms with Crippen molar-refractivity contribution >= 4 is 5.91 Å². The van der Waals surface area contributed by atoms with Crippen LogP contribution in [0.25, 0.3) is 0 Å². The van der Waals surface area contributed by atoms with Crippen molar-refractivity contribution in [3.8, 4) is 0 Å². The number of hydrogen-bond donors (Lipinski definition) is 1. The van der Waals surface area contributed by atoms with Gasteiger partial charge < -0.3 is 15.4 Å². The van der Waals surface area contributed by atoms with Crippen LogP contribution in [0.4, 0.5) is 0 Å². The summed E-state index contributed by atoms with van der Waals surface area (Å²) in [5.41, 5.74) is 5.37. The van der Waals surface area contributed by atoms with Crippen LogP contribution in [0.15, 0.2) is 0 Å². The summed E-state index contributed by atoms with van der Waals surface area (Å²) in [7, 11) is 0. The summed E-state index contributed by atoms with van der Waals surface area (Å²) in [6.07, 6.45) is 5.47. The third-order valence-electron chi connectivity index (χ3n) is 4.08. The highest BCUT2D eigenvalue weighted by Gasteiger charge is 2.41. The zero-order valence-corrected chi connectivity index (χ0v) is 10.8. The van der Waals surface area contributed by atoms with E-state index in [-0.39, 0.29) is 5.91 Å². The average Bonchev–Trinajstić information content (AvgIpc) is 2.78. The van der Waals surface area contributed by atoms with Crippen LogP contribution in [0.3, 0.4) is 0 Å². The van der Waals surface area contributed by atoms with Gasteiger partial charge in [-0.05, 0) is 25.2 Å². The second-order valence-electron chi connectivity index (χ2n) is 5.48. The van der Waals surface area contributed by atoms with Crippen molar-refractivity contribution in [2.24, 2.45) is 11.7 Å². The van der Waals surface area contributed by atoms with Gasteiger partial charge in [-0.3, -0.25) is 4.79 Å². The van der Waals surface area contributed by atoms with Crippen molar-refractivity contribution in [3.63, 3.8) is 0 Å². The predicted molar refractivity (Wildman–Crippen MR) is 66.6 cm³/mol. The summed E-state index contributed by atoms with van der Waals surface area (Å²) in [6, 6.07) is 0. The van der Waals surface area contributed by atoms with E-state index < -0.39 is 5.54 Å². The van der Waals surface area contributed by atoms with Crippen LogP contribution in [-0.4, -0.2) is 42.6 Å². The van der Waals surface area contributed by atoms with Crippen molar-refractivity contribution < 1.29 is 9.53 Å². The number of carbonyl (C=O) groups is 1. The molecule has 98 valence electrons. The Morgan fingerprint density at radius 3 is 2.71 bits per heavy atom. The first-order valence-electron chi connectivity index (χ1n) is 6.82. The first kappa shape index (κ1) is 12.8. The highest BCUT2D eigenvalue weighted by molar-refractivity contribution is 5.86. The molecule has 0 aromatic rings. The number of likely N-dealkylation sites (tertiary alicyclic amines) is 1. The first-order valence-corrected chi connectivity index (χ1v) is 6.82. The van der Waals surface area contributed by atoms with E-state index in [0.29, 0.717) is 19.6 Å². The Bertz CT molecular complexity index is 267. The fraction of sp³-hybridized carbons (Fsp3) is 0.923. The zero-order chi connectivity index (χ0) is 12.3. The van der Waals surface area contributed by atoms with Crippen molar-refractivity contribution in [1.29, 1.82) is 0 Å². The minimum absolute atomic E-state index is 0.102. The predicted octanol–water partition coefficient (Wildman–Crippen LogP) is 1.14. The topological polar surface area (TPSA) is 55.6 Å². The summed E-state index contributed by atoms with van der Waals surface area (Å²) in [5.74, 6) is 0.905. The van der Waals surface area contributed by atoms with Crippen LogP contribution < -0.4 is 5.73 Å². The Labute approximate surface area is 103 Å². The van der Waals surface area contributed by atoms with Crippen LogP contribution in [0, 0.1) is 5.92 Å². The quantitative estimate of drug-likeness (QED) is 0.805. The third kappa shape index (κ3) is 2.80. The van der Waals surface area contributed by atoms with Crippen LogP contribution in [0.5, 0.6) is 0 Å². The van der Waals surface area contributed by atoms with Gasteiger partial charge in [0.2, 0.25) is 5.91 Å².